The van der Waals surface area contributed by atoms with Crippen LogP contribution in [0.25, 0.3) is 0 Å². The highest BCUT2D eigenvalue weighted by Crippen LogP contribution is 2.27. The number of ketones is 1. The van der Waals surface area contributed by atoms with Crippen LogP contribution >= 0.6 is 0 Å². The largest absolute Gasteiger partial charge is 0.493 e. The Morgan fingerprint density at radius 3 is 2.48 bits per heavy atom. The molecular weight excluding hydrogens is 266 g/mol. The van der Waals surface area contributed by atoms with Crippen LogP contribution in [0, 0.1) is 5.92 Å². The average molecular weight is 287 g/mol. The second-order valence-corrected chi connectivity index (χ2v) is 5.28. The Bertz CT molecular complexity index is 629. The lowest BCUT2D eigenvalue weighted by atomic mass is 10.0. The van der Waals surface area contributed by atoms with Gasteiger partial charge in [-0.05, 0) is 23.8 Å². The average Bonchev–Trinajstić information content (AvgIpc) is 2.94. The van der Waals surface area contributed by atoms with E-state index in [1.165, 1.54) is 0 Å². The topological polar surface area (TPSA) is 40.5 Å². The maximum Gasteiger partial charge on any atom is 0.166 e. The first kappa shape index (κ1) is 15.2. The molecule has 0 atom stereocenters. The van der Waals surface area contributed by atoms with E-state index >= 15 is 0 Å². The first-order valence-electron chi connectivity index (χ1n) is 6.96. The lowest BCUT2D eigenvalue weighted by molar-refractivity contribution is 0.0939. The van der Waals surface area contributed by atoms with Gasteiger partial charge >= 0.3 is 0 Å². The van der Waals surface area contributed by atoms with Gasteiger partial charge in [-0.2, -0.15) is 0 Å². The van der Waals surface area contributed by atoms with Gasteiger partial charge in [0, 0.05) is 30.4 Å². The normalized spacial score (nSPS) is 10.7. The van der Waals surface area contributed by atoms with Gasteiger partial charge in [0.15, 0.2) is 17.3 Å². The van der Waals surface area contributed by atoms with Gasteiger partial charge in [0.2, 0.25) is 0 Å². The van der Waals surface area contributed by atoms with Crippen molar-refractivity contribution in [1.82, 2.24) is 4.57 Å². The van der Waals surface area contributed by atoms with Crippen molar-refractivity contribution in [3.8, 4) is 11.5 Å². The first-order valence-corrected chi connectivity index (χ1v) is 6.96. The van der Waals surface area contributed by atoms with Crippen LogP contribution in [0.2, 0.25) is 0 Å². The van der Waals surface area contributed by atoms with E-state index < -0.39 is 0 Å². The van der Waals surface area contributed by atoms with Crippen LogP contribution in [-0.2, 0) is 6.54 Å². The lowest BCUT2D eigenvalue weighted by Gasteiger charge is -2.10. The van der Waals surface area contributed by atoms with Gasteiger partial charge in [0.1, 0.15) is 0 Å². The van der Waals surface area contributed by atoms with E-state index in [1.807, 2.05) is 55.1 Å². The molecule has 0 saturated carbocycles. The van der Waals surface area contributed by atoms with Crippen LogP contribution in [0.4, 0.5) is 0 Å². The summed E-state index contributed by atoms with van der Waals surface area (Å²) in [6.45, 7) is 4.51. The zero-order valence-corrected chi connectivity index (χ0v) is 12.9. The molecule has 112 valence electrons. The maximum absolute atomic E-state index is 11.9. The Morgan fingerprint density at radius 1 is 1.14 bits per heavy atom. The van der Waals surface area contributed by atoms with Crippen LogP contribution in [0.1, 0.15) is 29.8 Å². The molecule has 1 heterocycles. The third-order valence-electron chi connectivity index (χ3n) is 3.37. The molecule has 0 aliphatic carbocycles. The molecule has 0 aliphatic rings. The van der Waals surface area contributed by atoms with Gasteiger partial charge in [-0.3, -0.25) is 4.79 Å². The second-order valence-electron chi connectivity index (χ2n) is 5.28. The van der Waals surface area contributed by atoms with Crippen molar-refractivity contribution in [3.63, 3.8) is 0 Å². The number of Topliss-reactive ketones (excluding diaryl/α,β-unsaturated/α-hetero) is 1. The summed E-state index contributed by atoms with van der Waals surface area (Å²) in [5.74, 6) is 1.60. The maximum atomic E-state index is 11.9. The molecule has 0 spiro atoms. The molecule has 2 rings (SSSR count). The standard InChI is InChI=1S/C17H21NO3/c1-12(2)17(19)14-7-8-18(11-14)10-13-5-6-15(20-3)16(9-13)21-4/h5-9,11-12H,10H2,1-4H3. The van der Waals surface area contributed by atoms with Gasteiger partial charge in [0.05, 0.1) is 14.2 Å². The number of hydrogen-bond donors (Lipinski definition) is 0. The Kier molecular flexibility index (Phi) is 4.68. The predicted molar refractivity (Wildman–Crippen MR) is 82.2 cm³/mol. The van der Waals surface area contributed by atoms with E-state index in [1.54, 1.807) is 14.2 Å². The highest BCUT2D eigenvalue weighted by Gasteiger charge is 2.12. The van der Waals surface area contributed by atoms with E-state index in [0.29, 0.717) is 18.0 Å². The number of hydrogen-bond acceptors (Lipinski definition) is 3. The number of carbonyl (C=O) groups is 1. The molecule has 21 heavy (non-hydrogen) atoms. The quantitative estimate of drug-likeness (QED) is 0.765. The SMILES string of the molecule is COc1ccc(Cn2ccc(C(=O)C(C)C)c2)cc1OC. The third kappa shape index (κ3) is 3.45. The van der Waals surface area contributed by atoms with E-state index in [2.05, 4.69) is 0 Å². The summed E-state index contributed by atoms with van der Waals surface area (Å²) in [5, 5.41) is 0. The molecule has 2 aromatic rings. The van der Waals surface area contributed by atoms with Gasteiger partial charge in [-0.1, -0.05) is 19.9 Å². The van der Waals surface area contributed by atoms with Crippen molar-refractivity contribution in [3.05, 3.63) is 47.8 Å². The minimum absolute atomic E-state index is 0.0157. The summed E-state index contributed by atoms with van der Waals surface area (Å²) in [6, 6.07) is 7.69. The summed E-state index contributed by atoms with van der Waals surface area (Å²) < 4.78 is 12.5. The number of methoxy groups -OCH3 is 2. The van der Waals surface area contributed by atoms with Crippen molar-refractivity contribution < 1.29 is 14.3 Å². The first-order chi connectivity index (χ1) is 10.0. The number of benzene rings is 1. The van der Waals surface area contributed by atoms with E-state index in [9.17, 15) is 4.79 Å². The number of nitrogens with zero attached hydrogens (tertiary/aromatic N) is 1. The van der Waals surface area contributed by atoms with Crippen LogP contribution in [0.3, 0.4) is 0 Å². The highest BCUT2D eigenvalue weighted by molar-refractivity contribution is 5.97. The molecule has 0 N–H and O–H groups in total. The van der Waals surface area contributed by atoms with E-state index in [0.717, 1.165) is 11.1 Å². The van der Waals surface area contributed by atoms with Crippen molar-refractivity contribution >= 4 is 5.78 Å². The molecule has 0 fully saturated rings. The zero-order valence-electron chi connectivity index (χ0n) is 12.9. The highest BCUT2D eigenvalue weighted by atomic mass is 16.5. The van der Waals surface area contributed by atoms with Crippen molar-refractivity contribution in [2.45, 2.75) is 20.4 Å². The summed E-state index contributed by atoms with van der Waals surface area (Å²) in [6.07, 6.45) is 3.81. The van der Waals surface area contributed by atoms with Crippen molar-refractivity contribution in [2.24, 2.45) is 5.92 Å². The van der Waals surface area contributed by atoms with Gasteiger partial charge in [0.25, 0.3) is 0 Å². The lowest BCUT2D eigenvalue weighted by Crippen LogP contribution is -2.06. The zero-order chi connectivity index (χ0) is 15.4. The Morgan fingerprint density at radius 2 is 1.86 bits per heavy atom. The van der Waals surface area contributed by atoms with Crippen LogP contribution in [-0.4, -0.2) is 24.6 Å². The number of rotatable bonds is 6. The molecule has 0 saturated heterocycles. The molecule has 0 aliphatic heterocycles. The fourth-order valence-electron chi connectivity index (χ4n) is 2.21. The third-order valence-corrected chi connectivity index (χ3v) is 3.37. The molecule has 0 unspecified atom stereocenters. The van der Waals surface area contributed by atoms with Crippen molar-refractivity contribution in [2.75, 3.05) is 14.2 Å². The number of ether oxygens (including phenoxy) is 2. The molecule has 0 radical (unpaired) electrons. The number of carbonyl (C=O) groups excluding carboxylic acids is 1. The number of aromatic nitrogens is 1. The predicted octanol–water partition coefficient (Wildman–Crippen LogP) is 3.39. The van der Waals surface area contributed by atoms with E-state index in [4.69, 9.17) is 9.47 Å². The summed E-state index contributed by atoms with van der Waals surface area (Å²) in [4.78, 5) is 11.9. The Hall–Kier alpha value is -2.23. The summed E-state index contributed by atoms with van der Waals surface area (Å²) >= 11 is 0. The monoisotopic (exact) mass is 287 g/mol. The van der Waals surface area contributed by atoms with Gasteiger partial charge in [-0.15, -0.1) is 0 Å². The minimum Gasteiger partial charge on any atom is -0.493 e. The molecule has 1 aromatic heterocycles. The summed E-state index contributed by atoms with van der Waals surface area (Å²) in [5.41, 5.74) is 1.84. The summed E-state index contributed by atoms with van der Waals surface area (Å²) in [7, 11) is 3.24. The molecular formula is C17H21NO3. The fraction of sp³-hybridized carbons (Fsp3) is 0.353. The molecule has 4 nitrogen and oxygen atoms in total. The second kappa shape index (κ2) is 6.48. The molecule has 0 amide bonds. The van der Waals surface area contributed by atoms with Crippen LogP contribution in [0.5, 0.6) is 11.5 Å². The molecule has 0 bridgehead atoms. The van der Waals surface area contributed by atoms with Gasteiger partial charge < -0.3 is 14.0 Å². The smallest absolute Gasteiger partial charge is 0.166 e. The minimum atomic E-state index is 0.0157. The van der Waals surface area contributed by atoms with Crippen LogP contribution < -0.4 is 9.47 Å². The Balaban J connectivity index is 2.17. The van der Waals surface area contributed by atoms with E-state index in [-0.39, 0.29) is 11.7 Å². The Labute approximate surface area is 125 Å². The van der Waals surface area contributed by atoms with Crippen LogP contribution in [0.15, 0.2) is 36.7 Å². The van der Waals surface area contributed by atoms with Gasteiger partial charge in [-0.25, -0.2) is 0 Å². The van der Waals surface area contributed by atoms with Crippen molar-refractivity contribution in [1.29, 1.82) is 0 Å². The molecule has 4 heteroatoms. The fourth-order valence-corrected chi connectivity index (χ4v) is 2.21. The molecule has 1 aromatic carbocycles.